The lowest BCUT2D eigenvalue weighted by Gasteiger charge is -2.28. The minimum atomic E-state index is -0.0309. The van der Waals surface area contributed by atoms with Gasteiger partial charge in [0, 0.05) is 25.1 Å². The zero-order chi connectivity index (χ0) is 21.5. The molecule has 1 amide bonds. The number of carbonyl (C=O) groups excluding carboxylic acids is 1. The van der Waals surface area contributed by atoms with E-state index in [-0.39, 0.29) is 11.9 Å². The molecule has 0 spiro atoms. The molecule has 0 bridgehead atoms. The van der Waals surface area contributed by atoms with Crippen molar-refractivity contribution in [2.75, 3.05) is 19.6 Å². The van der Waals surface area contributed by atoms with E-state index in [1.807, 2.05) is 47.9 Å². The second-order valence-corrected chi connectivity index (χ2v) is 7.56. The molecule has 3 aromatic rings. The van der Waals surface area contributed by atoms with Gasteiger partial charge in [-0.25, -0.2) is 0 Å². The second-order valence-electron chi connectivity index (χ2n) is 7.18. The van der Waals surface area contributed by atoms with Crippen molar-refractivity contribution in [2.24, 2.45) is 0 Å². The third kappa shape index (κ3) is 5.25. The largest absolute Gasteiger partial charge is 0.468 e. The first-order valence-corrected chi connectivity index (χ1v) is 10.7. The van der Waals surface area contributed by atoms with E-state index in [2.05, 4.69) is 34.3 Å². The Balaban J connectivity index is 1.63. The first-order chi connectivity index (χ1) is 14.5. The fourth-order valence-corrected chi connectivity index (χ4v) is 3.74. The van der Waals surface area contributed by atoms with Gasteiger partial charge < -0.3 is 9.73 Å². The topological polar surface area (TPSA) is 79.1 Å². The van der Waals surface area contributed by atoms with Crippen molar-refractivity contribution in [3.8, 4) is 11.4 Å². The lowest BCUT2D eigenvalue weighted by molar-refractivity contribution is -0.121. The normalized spacial score (nSPS) is 12.3. The summed E-state index contributed by atoms with van der Waals surface area (Å²) in [6, 6.07) is 11.9. The molecule has 3 rings (SSSR count). The zero-order valence-corrected chi connectivity index (χ0v) is 18.5. The number of benzene rings is 1. The minimum Gasteiger partial charge on any atom is -0.468 e. The molecule has 0 aliphatic carbocycles. The summed E-state index contributed by atoms with van der Waals surface area (Å²) in [4.78, 5) is 14.8. The summed E-state index contributed by atoms with van der Waals surface area (Å²) in [6.45, 7) is 8.96. The fraction of sp³-hybridized carbons (Fsp3) is 0.409. The van der Waals surface area contributed by atoms with Crippen LogP contribution >= 0.6 is 12.2 Å². The van der Waals surface area contributed by atoms with E-state index < -0.39 is 0 Å². The zero-order valence-electron chi connectivity index (χ0n) is 17.7. The van der Waals surface area contributed by atoms with Crippen LogP contribution in [0.25, 0.3) is 11.4 Å². The fourth-order valence-electron chi connectivity index (χ4n) is 3.52. The molecule has 8 heteroatoms. The molecule has 0 radical (unpaired) electrons. The number of hydrogen-bond acceptors (Lipinski definition) is 5. The van der Waals surface area contributed by atoms with E-state index in [0.29, 0.717) is 24.3 Å². The van der Waals surface area contributed by atoms with Gasteiger partial charge in [-0.1, -0.05) is 43.7 Å². The van der Waals surface area contributed by atoms with Crippen LogP contribution in [-0.4, -0.2) is 45.2 Å². The van der Waals surface area contributed by atoms with Gasteiger partial charge in [0.25, 0.3) is 0 Å². The van der Waals surface area contributed by atoms with Crippen LogP contribution < -0.4 is 5.32 Å². The van der Waals surface area contributed by atoms with Gasteiger partial charge in [-0.3, -0.25) is 19.4 Å². The SMILES string of the molecule is CCN(CC)C(CNC(=O)CCn1c(-c2ccc(C)cc2)n[nH]c1=S)c1ccco1. The van der Waals surface area contributed by atoms with Gasteiger partial charge in [-0.15, -0.1) is 0 Å². The summed E-state index contributed by atoms with van der Waals surface area (Å²) in [5.74, 6) is 1.57. The van der Waals surface area contributed by atoms with Crippen LogP contribution in [-0.2, 0) is 11.3 Å². The van der Waals surface area contributed by atoms with Crippen LogP contribution in [0.15, 0.2) is 47.1 Å². The maximum Gasteiger partial charge on any atom is 0.221 e. The molecule has 2 heterocycles. The van der Waals surface area contributed by atoms with Crippen LogP contribution in [0.2, 0.25) is 0 Å². The van der Waals surface area contributed by atoms with Gasteiger partial charge in [0.1, 0.15) is 5.76 Å². The lowest BCUT2D eigenvalue weighted by Crippen LogP contribution is -2.38. The molecular weight excluding hydrogens is 398 g/mol. The number of amides is 1. The summed E-state index contributed by atoms with van der Waals surface area (Å²) >= 11 is 5.37. The molecule has 0 saturated heterocycles. The Morgan fingerprint density at radius 3 is 2.63 bits per heavy atom. The summed E-state index contributed by atoms with van der Waals surface area (Å²) in [6.07, 6.45) is 1.98. The van der Waals surface area contributed by atoms with Crippen molar-refractivity contribution in [3.63, 3.8) is 0 Å². The van der Waals surface area contributed by atoms with E-state index in [1.54, 1.807) is 6.26 Å². The van der Waals surface area contributed by atoms with Crippen LogP contribution in [0.5, 0.6) is 0 Å². The molecular formula is C22H29N5O2S. The van der Waals surface area contributed by atoms with Gasteiger partial charge >= 0.3 is 0 Å². The number of aromatic amines is 1. The highest BCUT2D eigenvalue weighted by Crippen LogP contribution is 2.21. The third-order valence-corrected chi connectivity index (χ3v) is 5.56. The van der Waals surface area contributed by atoms with Gasteiger partial charge in [-0.05, 0) is 44.4 Å². The Morgan fingerprint density at radius 2 is 2.00 bits per heavy atom. The molecule has 0 aliphatic heterocycles. The molecule has 1 aromatic carbocycles. The number of nitrogens with one attached hydrogen (secondary N) is 2. The average Bonchev–Trinajstić information content (AvgIpc) is 3.40. The van der Waals surface area contributed by atoms with Gasteiger partial charge in [0.15, 0.2) is 10.6 Å². The summed E-state index contributed by atoms with van der Waals surface area (Å²) in [5, 5.41) is 10.2. The molecule has 0 fully saturated rings. The molecule has 0 aliphatic rings. The predicted molar refractivity (Wildman–Crippen MR) is 120 cm³/mol. The Bertz CT molecular complexity index is 987. The summed E-state index contributed by atoms with van der Waals surface area (Å²) in [7, 11) is 0. The van der Waals surface area contributed by atoms with Crippen molar-refractivity contribution in [2.45, 2.75) is 39.8 Å². The van der Waals surface area contributed by atoms with Crippen LogP contribution in [0.4, 0.5) is 0 Å². The number of nitrogens with zero attached hydrogens (tertiary/aromatic N) is 3. The standard InChI is InChI=1S/C22H29N5O2S/c1-4-26(5-2)18(19-7-6-14-29-19)15-23-20(28)12-13-27-21(24-25-22(27)30)17-10-8-16(3)9-11-17/h6-11,14,18H,4-5,12-13,15H2,1-3H3,(H,23,28)(H,25,30). The monoisotopic (exact) mass is 427 g/mol. The summed E-state index contributed by atoms with van der Waals surface area (Å²) in [5.41, 5.74) is 2.14. The van der Waals surface area contributed by atoms with Gasteiger partial charge in [-0.2, -0.15) is 5.10 Å². The number of aromatic nitrogens is 3. The number of carbonyl (C=O) groups is 1. The van der Waals surface area contributed by atoms with E-state index in [0.717, 1.165) is 30.2 Å². The van der Waals surface area contributed by atoms with Crippen molar-refractivity contribution in [1.29, 1.82) is 0 Å². The molecule has 160 valence electrons. The molecule has 2 N–H and O–H groups in total. The van der Waals surface area contributed by atoms with Crippen LogP contribution in [0, 0.1) is 11.7 Å². The quantitative estimate of drug-likeness (QED) is 0.476. The van der Waals surface area contributed by atoms with Crippen molar-refractivity contribution in [3.05, 3.63) is 58.8 Å². The number of aryl methyl sites for hydroxylation is 1. The Labute approximate surface area is 182 Å². The number of rotatable bonds is 10. The molecule has 0 saturated carbocycles. The van der Waals surface area contributed by atoms with Crippen molar-refractivity contribution >= 4 is 18.1 Å². The maximum absolute atomic E-state index is 12.6. The van der Waals surface area contributed by atoms with Crippen molar-refractivity contribution in [1.82, 2.24) is 25.0 Å². The van der Waals surface area contributed by atoms with Gasteiger partial charge in [0.2, 0.25) is 5.91 Å². The van der Waals surface area contributed by atoms with Crippen LogP contribution in [0.1, 0.15) is 37.6 Å². The van der Waals surface area contributed by atoms with E-state index in [1.165, 1.54) is 5.56 Å². The van der Waals surface area contributed by atoms with Crippen LogP contribution in [0.3, 0.4) is 0 Å². The third-order valence-electron chi connectivity index (χ3n) is 5.25. The molecule has 2 aromatic heterocycles. The highest BCUT2D eigenvalue weighted by molar-refractivity contribution is 7.71. The van der Waals surface area contributed by atoms with E-state index >= 15 is 0 Å². The predicted octanol–water partition coefficient (Wildman–Crippen LogP) is 4.10. The average molecular weight is 428 g/mol. The Kier molecular flexibility index (Phi) is 7.59. The Hall–Kier alpha value is -2.71. The molecule has 1 unspecified atom stereocenters. The number of H-pyrrole nitrogens is 1. The number of hydrogen-bond donors (Lipinski definition) is 2. The minimum absolute atomic E-state index is 0.0122. The number of furan rings is 1. The highest BCUT2D eigenvalue weighted by Gasteiger charge is 2.21. The molecule has 30 heavy (non-hydrogen) atoms. The molecule has 1 atom stereocenters. The smallest absolute Gasteiger partial charge is 0.221 e. The summed E-state index contributed by atoms with van der Waals surface area (Å²) < 4.78 is 7.98. The first kappa shape index (κ1) is 22.0. The van der Waals surface area contributed by atoms with Crippen molar-refractivity contribution < 1.29 is 9.21 Å². The van der Waals surface area contributed by atoms with E-state index in [4.69, 9.17) is 16.6 Å². The van der Waals surface area contributed by atoms with Gasteiger partial charge in [0.05, 0.1) is 12.3 Å². The molecule has 7 nitrogen and oxygen atoms in total. The maximum atomic E-state index is 12.6. The lowest BCUT2D eigenvalue weighted by atomic mass is 10.1. The van der Waals surface area contributed by atoms with E-state index in [9.17, 15) is 4.79 Å². The Morgan fingerprint density at radius 1 is 1.27 bits per heavy atom. The number of likely N-dealkylation sites (N-methyl/N-ethyl adjacent to an activating group) is 1. The first-order valence-electron chi connectivity index (χ1n) is 10.3. The highest BCUT2D eigenvalue weighted by atomic mass is 32.1. The second kappa shape index (κ2) is 10.4.